The second kappa shape index (κ2) is 9.85. The van der Waals surface area contributed by atoms with E-state index in [0.29, 0.717) is 19.3 Å². The van der Waals surface area contributed by atoms with Crippen LogP contribution in [-0.2, 0) is 14.3 Å². The molecule has 7 heteroatoms. The van der Waals surface area contributed by atoms with Gasteiger partial charge in [0.2, 0.25) is 0 Å². The monoisotopic (exact) mass is 505 g/mol. The standard InChI is InChI=1S/C28H43NO5S/c1-6-26(4)15-22(34-23(31)16-35-20-9-7-8-19(14-20)29-33)27(5)17(2)10-12-28(18(3)25(26)32)13-11-21(30)24(27)28/h6,17-18,20,22,24-25,32-33H,1,7-16H2,2-5H3/b29-19-/t17-,18+,20?,22-,24?,25+,26-,27+,28+/m1/s1. The summed E-state index contributed by atoms with van der Waals surface area (Å²) in [6.07, 6.45) is 7.88. The van der Waals surface area contributed by atoms with Crippen molar-refractivity contribution >= 4 is 29.2 Å². The van der Waals surface area contributed by atoms with Gasteiger partial charge in [-0.3, -0.25) is 9.59 Å². The highest BCUT2D eigenvalue weighted by molar-refractivity contribution is 8.00. The molecule has 9 atom stereocenters. The average Bonchev–Trinajstić information content (AvgIpc) is 3.21. The maximum absolute atomic E-state index is 13.5. The van der Waals surface area contributed by atoms with Crippen LogP contribution >= 0.6 is 11.8 Å². The molecular formula is C28H43NO5S. The topological polar surface area (TPSA) is 96.2 Å². The molecule has 4 aliphatic carbocycles. The predicted octanol–water partition coefficient (Wildman–Crippen LogP) is 5.40. The highest BCUT2D eigenvalue weighted by Crippen LogP contribution is 2.68. The van der Waals surface area contributed by atoms with E-state index in [1.54, 1.807) is 11.8 Å². The summed E-state index contributed by atoms with van der Waals surface area (Å²) in [6.45, 7) is 12.6. The third kappa shape index (κ3) is 4.39. The minimum Gasteiger partial charge on any atom is -0.461 e. The van der Waals surface area contributed by atoms with Crippen LogP contribution in [0.1, 0.15) is 85.5 Å². The van der Waals surface area contributed by atoms with Gasteiger partial charge in [-0.25, -0.2) is 0 Å². The number of ketones is 1. The van der Waals surface area contributed by atoms with E-state index in [2.05, 4.69) is 32.5 Å². The molecule has 4 aliphatic rings. The summed E-state index contributed by atoms with van der Waals surface area (Å²) in [6, 6.07) is 0. The summed E-state index contributed by atoms with van der Waals surface area (Å²) in [5.74, 6) is 0.231. The van der Waals surface area contributed by atoms with Gasteiger partial charge in [-0.2, -0.15) is 0 Å². The third-order valence-electron chi connectivity index (χ3n) is 10.6. The van der Waals surface area contributed by atoms with Crippen LogP contribution in [0.2, 0.25) is 0 Å². The number of thioether (sulfide) groups is 1. The molecule has 4 saturated carbocycles. The summed E-state index contributed by atoms with van der Waals surface area (Å²) < 4.78 is 6.31. The number of carbonyl (C=O) groups is 2. The molecule has 0 heterocycles. The highest BCUT2D eigenvalue weighted by atomic mass is 32.2. The Bertz CT molecular complexity index is 891. The van der Waals surface area contributed by atoms with Gasteiger partial charge in [-0.15, -0.1) is 18.3 Å². The lowest BCUT2D eigenvalue weighted by atomic mass is 9.44. The summed E-state index contributed by atoms with van der Waals surface area (Å²) >= 11 is 1.57. The van der Waals surface area contributed by atoms with Crippen LogP contribution in [-0.4, -0.2) is 51.0 Å². The number of ether oxygens (including phenoxy) is 1. The van der Waals surface area contributed by atoms with E-state index in [1.165, 1.54) is 0 Å². The molecule has 6 nitrogen and oxygen atoms in total. The van der Waals surface area contributed by atoms with Crippen molar-refractivity contribution < 1.29 is 24.6 Å². The van der Waals surface area contributed by atoms with Crippen molar-refractivity contribution in [3.8, 4) is 0 Å². The molecule has 0 amide bonds. The van der Waals surface area contributed by atoms with Gasteiger partial charge in [0.25, 0.3) is 0 Å². The Morgan fingerprint density at radius 2 is 2.00 bits per heavy atom. The lowest BCUT2D eigenvalue weighted by Gasteiger charge is -2.61. The first-order valence-electron chi connectivity index (χ1n) is 13.4. The van der Waals surface area contributed by atoms with Gasteiger partial charge in [-0.05, 0) is 62.2 Å². The van der Waals surface area contributed by atoms with Gasteiger partial charge in [0.1, 0.15) is 11.9 Å². The van der Waals surface area contributed by atoms with E-state index in [-0.39, 0.29) is 45.9 Å². The van der Waals surface area contributed by atoms with Crippen LogP contribution in [0.25, 0.3) is 0 Å². The number of aliphatic hydroxyl groups excluding tert-OH is 1. The second-order valence-corrected chi connectivity index (χ2v) is 13.5. The Kier molecular flexibility index (Phi) is 7.52. The summed E-state index contributed by atoms with van der Waals surface area (Å²) in [5.41, 5.74) is -0.558. The smallest absolute Gasteiger partial charge is 0.316 e. The van der Waals surface area contributed by atoms with Crippen molar-refractivity contribution in [3.63, 3.8) is 0 Å². The van der Waals surface area contributed by atoms with Gasteiger partial charge in [0, 0.05) is 34.8 Å². The summed E-state index contributed by atoms with van der Waals surface area (Å²) in [5, 5.41) is 24.4. The molecule has 2 unspecified atom stereocenters. The molecule has 0 aliphatic heterocycles. The molecule has 0 radical (unpaired) electrons. The predicted molar refractivity (Wildman–Crippen MR) is 139 cm³/mol. The number of nitrogens with zero attached hydrogens (tertiary/aromatic N) is 1. The molecule has 4 fully saturated rings. The lowest BCUT2D eigenvalue weighted by Crippen LogP contribution is -2.63. The molecule has 35 heavy (non-hydrogen) atoms. The van der Waals surface area contributed by atoms with Crippen molar-refractivity contribution in [1.29, 1.82) is 0 Å². The van der Waals surface area contributed by atoms with Gasteiger partial charge in [0.15, 0.2) is 0 Å². The molecule has 0 saturated heterocycles. The number of aliphatic hydroxyl groups is 1. The maximum atomic E-state index is 13.5. The van der Waals surface area contributed by atoms with E-state index in [9.17, 15) is 14.7 Å². The highest BCUT2D eigenvalue weighted by Gasteiger charge is 2.68. The van der Waals surface area contributed by atoms with Crippen molar-refractivity contribution in [2.24, 2.45) is 39.2 Å². The number of esters is 1. The number of hydrogen-bond donors (Lipinski definition) is 2. The van der Waals surface area contributed by atoms with E-state index in [4.69, 9.17) is 9.94 Å². The molecule has 0 aromatic heterocycles. The Morgan fingerprint density at radius 3 is 2.69 bits per heavy atom. The first-order chi connectivity index (χ1) is 16.5. The van der Waals surface area contributed by atoms with Crippen molar-refractivity contribution in [2.45, 2.75) is 103 Å². The Morgan fingerprint density at radius 1 is 1.26 bits per heavy atom. The Hall–Kier alpha value is -1.34. The minimum atomic E-state index is -0.652. The maximum Gasteiger partial charge on any atom is 0.316 e. The molecule has 0 spiro atoms. The Labute approximate surface area is 214 Å². The fourth-order valence-corrected chi connectivity index (χ4v) is 9.20. The molecular weight excluding hydrogens is 462 g/mol. The SMILES string of the molecule is C=C[C@]1(C)C[C@@H](OC(=O)CSC2CCC/C(=N/O)C2)[C@@]2(C)C3C(=O)CC[C@@]3(CC[C@H]2C)[C@@H](C)[C@@H]1O. The van der Waals surface area contributed by atoms with E-state index in [1.807, 2.05) is 13.0 Å². The molecule has 0 aromatic carbocycles. The van der Waals surface area contributed by atoms with Gasteiger partial charge >= 0.3 is 5.97 Å². The van der Waals surface area contributed by atoms with E-state index in [0.717, 1.165) is 44.2 Å². The molecule has 2 N–H and O–H groups in total. The van der Waals surface area contributed by atoms with Crippen molar-refractivity contribution in [1.82, 2.24) is 0 Å². The van der Waals surface area contributed by atoms with Gasteiger partial charge in [0.05, 0.1) is 17.6 Å². The van der Waals surface area contributed by atoms with Crippen LogP contribution in [0, 0.1) is 34.0 Å². The number of rotatable bonds is 5. The quantitative estimate of drug-likeness (QED) is 0.225. The lowest BCUT2D eigenvalue weighted by molar-refractivity contribution is -0.205. The number of carbonyl (C=O) groups excluding carboxylic acids is 2. The fraction of sp³-hybridized carbons (Fsp3) is 0.821. The third-order valence-corrected chi connectivity index (χ3v) is 11.9. The zero-order valence-electron chi connectivity index (χ0n) is 21.8. The van der Waals surface area contributed by atoms with Crippen molar-refractivity contribution in [2.75, 3.05) is 5.75 Å². The van der Waals surface area contributed by atoms with Crippen molar-refractivity contribution in [3.05, 3.63) is 12.7 Å². The zero-order valence-corrected chi connectivity index (χ0v) is 22.6. The molecule has 0 aromatic rings. The van der Waals surface area contributed by atoms with Crippen LogP contribution in [0.4, 0.5) is 0 Å². The normalized spacial score (nSPS) is 47.0. The summed E-state index contributed by atoms with van der Waals surface area (Å²) in [4.78, 5) is 26.7. The second-order valence-electron chi connectivity index (χ2n) is 12.3. The van der Waals surface area contributed by atoms with Crippen LogP contribution in [0.15, 0.2) is 17.8 Å². The fourth-order valence-electron chi connectivity index (χ4n) is 8.11. The van der Waals surface area contributed by atoms with Crippen LogP contribution in [0.3, 0.4) is 0 Å². The number of hydrogen-bond acceptors (Lipinski definition) is 7. The first-order valence-corrected chi connectivity index (χ1v) is 14.4. The molecule has 196 valence electrons. The minimum absolute atomic E-state index is 0.0327. The summed E-state index contributed by atoms with van der Waals surface area (Å²) in [7, 11) is 0. The largest absolute Gasteiger partial charge is 0.461 e. The number of oxime groups is 1. The van der Waals surface area contributed by atoms with Gasteiger partial charge < -0.3 is 15.1 Å². The Balaban J connectivity index is 1.62. The molecule has 2 bridgehead atoms. The molecule has 4 rings (SSSR count). The van der Waals surface area contributed by atoms with Gasteiger partial charge in [-0.1, -0.05) is 38.9 Å². The van der Waals surface area contributed by atoms with Crippen LogP contribution < -0.4 is 0 Å². The zero-order chi connectivity index (χ0) is 25.6. The number of Topliss-reactive ketones (excluding diaryl/α,β-unsaturated/α-hetero) is 1. The van der Waals surface area contributed by atoms with E-state index < -0.39 is 23.0 Å². The first kappa shape index (κ1) is 26.7. The van der Waals surface area contributed by atoms with Crippen LogP contribution in [0.5, 0.6) is 0 Å². The van der Waals surface area contributed by atoms with E-state index >= 15 is 0 Å². The average molecular weight is 506 g/mol.